The van der Waals surface area contributed by atoms with Crippen LogP contribution in [-0.4, -0.2) is 0 Å². The van der Waals surface area contributed by atoms with Crippen LogP contribution in [0.1, 0.15) is 11.1 Å². The molecule has 0 amide bonds. The van der Waals surface area contributed by atoms with E-state index in [1.165, 1.54) is 0 Å². The molecule has 0 aliphatic carbocycles. The van der Waals surface area contributed by atoms with Crippen molar-refractivity contribution in [1.82, 2.24) is 0 Å². The lowest BCUT2D eigenvalue weighted by molar-refractivity contribution is 0.305. The van der Waals surface area contributed by atoms with Gasteiger partial charge in [-0.15, -0.1) is 0 Å². The van der Waals surface area contributed by atoms with Crippen molar-refractivity contribution < 1.29 is 4.74 Å². The standard InChI is InChI=1S/C14H12BrClO/c1-10-6-7-14(13(16)8-10)17-9-11-4-2-3-5-12(11)15/h2-8H,9H2,1H3. The lowest BCUT2D eigenvalue weighted by atomic mass is 10.2. The van der Waals surface area contributed by atoms with Crippen molar-refractivity contribution >= 4 is 27.5 Å². The summed E-state index contributed by atoms with van der Waals surface area (Å²) < 4.78 is 6.74. The fraction of sp³-hybridized carbons (Fsp3) is 0.143. The molecule has 0 heterocycles. The van der Waals surface area contributed by atoms with Gasteiger partial charge in [0.1, 0.15) is 12.4 Å². The SMILES string of the molecule is Cc1ccc(OCc2ccccc2Br)c(Cl)c1. The number of halogens is 2. The number of hydrogen-bond acceptors (Lipinski definition) is 1. The van der Waals surface area contributed by atoms with Crippen molar-refractivity contribution in [3.8, 4) is 5.75 Å². The summed E-state index contributed by atoms with van der Waals surface area (Å²) in [5.41, 5.74) is 2.23. The van der Waals surface area contributed by atoms with E-state index in [1.54, 1.807) is 0 Å². The Kier molecular flexibility index (Phi) is 4.08. The minimum Gasteiger partial charge on any atom is -0.487 e. The van der Waals surface area contributed by atoms with Crippen LogP contribution in [0.4, 0.5) is 0 Å². The molecule has 88 valence electrons. The predicted molar refractivity (Wildman–Crippen MR) is 74.7 cm³/mol. The van der Waals surface area contributed by atoms with Gasteiger partial charge in [-0.05, 0) is 30.7 Å². The van der Waals surface area contributed by atoms with E-state index in [0.29, 0.717) is 17.4 Å². The quantitative estimate of drug-likeness (QED) is 0.776. The summed E-state index contributed by atoms with van der Waals surface area (Å²) in [7, 11) is 0. The van der Waals surface area contributed by atoms with Gasteiger partial charge in [0.15, 0.2) is 0 Å². The average molecular weight is 312 g/mol. The molecule has 0 saturated carbocycles. The van der Waals surface area contributed by atoms with E-state index in [1.807, 2.05) is 49.4 Å². The van der Waals surface area contributed by atoms with E-state index in [0.717, 1.165) is 15.6 Å². The number of hydrogen-bond donors (Lipinski definition) is 0. The second kappa shape index (κ2) is 5.56. The van der Waals surface area contributed by atoms with Crippen LogP contribution in [-0.2, 0) is 6.61 Å². The highest BCUT2D eigenvalue weighted by Crippen LogP contribution is 2.27. The molecule has 2 aromatic carbocycles. The molecule has 3 heteroatoms. The zero-order valence-corrected chi connectivity index (χ0v) is 11.8. The van der Waals surface area contributed by atoms with Crippen molar-refractivity contribution in [2.75, 3.05) is 0 Å². The summed E-state index contributed by atoms with van der Waals surface area (Å²) in [6, 6.07) is 13.8. The summed E-state index contributed by atoms with van der Waals surface area (Å²) in [5.74, 6) is 0.716. The minimum absolute atomic E-state index is 0.504. The van der Waals surface area contributed by atoms with Crippen molar-refractivity contribution in [2.24, 2.45) is 0 Å². The first kappa shape index (κ1) is 12.5. The van der Waals surface area contributed by atoms with Crippen LogP contribution in [0.2, 0.25) is 5.02 Å². The Balaban J connectivity index is 2.10. The first-order valence-corrected chi connectivity index (χ1v) is 6.46. The molecule has 0 radical (unpaired) electrons. The second-order valence-corrected chi connectivity index (χ2v) is 5.08. The molecule has 0 aromatic heterocycles. The highest BCUT2D eigenvalue weighted by molar-refractivity contribution is 9.10. The fourth-order valence-corrected chi connectivity index (χ4v) is 2.18. The first-order valence-electron chi connectivity index (χ1n) is 5.29. The van der Waals surface area contributed by atoms with Crippen molar-refractivity contribution in [2.45, 2.75) is 13.5 Å². The van der Waals surface area contributed by atoms with E-state index < -0.39 is 0 Å². The lowest BCUT2D eigenvalue weighted by Crippen LogP contribution is -1.96. The van der Waals surface area contributed by atoms with E-state index >= 15 is 0 Å². The molecule has 0 fully saturated rings. The van der Waals surface area contributed by atoms with Crippen LogP contribution >= 0.6 is 27.5 Å². The van der Waals surface area contributed by atoms with Crippen molar-refractivity contribution in [1.29, 1.82) is 0 Å². The maximum absolute atomic E-state index is 6.10. The van der Waals surface area contributed by atoms with Gasteiger partial charge in [-0.25, -0.2) is 0 Å². The molecule has 1 nitrogen and oxygen atoms in total. The maximum Gasteiger partial charge on any atom is 0.138 e. The third-order valence-corrected chi connectivity index (χ3v) is 3.50. The van der Waals surface area contributed by atoms with Gasteiger partial charge in [0.25, 0.3) is 0 Å². The van der Waals surface area contributed by atoms with Gasteiger partial charge in [0.05, 0.1) is 5.02 Å². The Morgan fingerprint density at radius 1 is 1.18 bits per heavy atom. The number of benzene rings is 2. The summed E-state index contributed by atoms with van der Waals surface area (Å²) in [4.78, 5) is 0. The molecule has 0 bridgehead atoms. The number of ether oxygens (including phenoxy) is 1. The molecule has 0 atom stereocenters. The number of rotatable bonds is 3. The Hall–Kier alpha value is -0.990. The van der Waals surface area contributed by atoms with Crippen molar-refractivity contribution in [3.63, 3.8) is 0 Å². The van der Waals surface area contributed by atoms with Crippen LogP contribution < -0.4 is 4.74 Å². The molecule has 2 aromatic rings. The highest BCUT2D eigenvalue weighted by atomic mass is 79.9. The van der Waals surface area contributed by atoms with E-state index in [-0.39, 0.29) is 0 Å². The molecule has 0 saturated heterocycles. The summed E-state index contributed by atoms with van der Waals surface area (Å²) in [5, 5.41) is 0.650. The summed E-state index contributed by atoms with van der Waals surface area (Å²) in [6.07, 6.45) is 0. The topological polar surface area (TPSA) is 9.23 Å². The average Bonchev–Trinajstić information content (AvgIpc) is 2.30. The number of aryl methyl sites for hydroxylation is 1. The first-order chi connectivity index (χ1) is 8.16. The monoisotopic (exact) mass is 310 g/mol. The zero-order valence-electron chi connectivity index (χ0n) is 9.41. The highest BCUT2D eigenvalue weighted by Gasteiger charge is 2.03. The Morgan fingerprint density at radius 2 is 1.94 bits per heavy atom. The zero-order chi connectivity index (χ0) is 12.3. The molecule has 0 aliphatic heterocycles. The molecule has 0 aliphatic rings. The largest absolute Gasteiger partial charge is 0.487 e. The van der Waals surface area contributed by atoms with Gasteiger partial charge in [0.2, 0.25) is 0 Å². The van der Waals surface area contributed by atoms with Crippen LogP contribution in [0.5, 0.6) is 5.75 Å². The third kappa shape index (κ3) is 3.24. The molecule has 17 heavy (non-hydrogen) atoms. The Morgan fingerprint density at radius 3 is 2.65 bits per heavy atom. The molecule has 2 rings (SSSR count). The normalized spacial score (nSPS) is 10.3. The summed E-state index contributed by atoms with van der Waals surface area (Å²) in [6.45, 7) is 2.51. The van der Waals surface area contributed by atoms with E-state index in [4.69, 9.17) is 16.3 Å². The third-order valence-electron chi connectivity index (χ3n) is 2.43. The van der Waals surface area contributed by atoms with Gasteiger partial charge < -0.3 is 4.74 Å². The summed E-state index contributed by atoms with van der Waals surface area (Å²) >= 11 is 9.59. The van der Waals surface area contributed by atoms with Gasteiger partial charge in [-0.2, -0.15) is 0 Å². The molecular weight excluding hydrogens is 300 g/mol. The smallest absolute Gasteiger partial charge is 0.138 e. The minimum atomic E-state index is 0.504. The predicted octanol–water partition coefficient (Wildman–Crippen LogP) is 4.99. The van der Waals surface area contributed by atoms with Gasteiger partial charge in [-0.3, -0.25) is 0 Å². The van der Waals surface area contributed by atoms with Crippen LogP contribution in [0.15, 0.2) is 46.9 Å². The van der Waals surface area contributed by atoms with Gasteiger partial charge in [-0.1, -0.05) is 51.8 Å². The lowest BCUT2D eigenvalue weighted by Gasteiger charge is -2.09. The van der Waals surface area contributed by atoms with Crippen LogP contribution in [0.25, 0.3) is 0 Å². The fourth-order valence-electron chi connectivity index (χ4n) is 1.49. The van der Waals surface area contributed by atoms with Gasteiger partial charge >= 0.3 is 0 Å². The van der Waals surface area contributed by atoms with Crippen LogP contribution in [0, 0.1) is 6.92 Å². The second-order valence-electron chi connectivity index (χ2n) is 3.81. The van der Waals surface area contributed by atoms with Crippen LogP contribution in [0.3, 0.4) is 0 Å². The molecule has 0 unspecified atom stereocenters. The molecule has 0 spiro atoms. The Labute approximate surface area is 115 Å². The Bertz CT molecular complexity index is 525. The van der Waals surface area contributed by atoms with E-state index in [2.05, 4.69) is 15.9 Å². The van der Waals surface area contributed by atoms with Gasteiger partial charge in [0, 0.05) is 10.0 Å². The molecular formula is C14H12BrClO. The molecule has 0 N–H and O–H groups in total. The van der Waals surface area contributed by atoms with E-state index in [9.17, 15) is 0 Å². The van der Waals surface area contributed by atoms with Crippen molar-refractivity contribution in [3.05, 3.63) is 63.1 Å². The maximum atomic E-state index is 6.10.